The third-order valence-electron chi connectivity index (χ3n) is 2.53. The predicted molar refractivity (Wildman–Crippen MR) is 74.5 cm³/mol. The van der Waals surface area contributed by atoms with Crippen LogP contribution in [0.3, 0.4) is 0 Å². The van der Waals surface area contributed by atoms with Gasteiger partial charge in [0.25, 0.3) is 0 Å². The van der Waals surface area contributed by atoms with Gasteiger partial charge in [0.05, 0.1) is 5.69 Å². The number of hydrogen-bond acceptors (Lipinski definition) is 4. The molecule has 2 aromatic rings. The summed E-state index contributed by atoms with van der Waals surface area (Å²) in [6.45, 7) is 1.79. The van der Waals surface area contributed by atoms with E-state index in [1.165, 1.54) is 0 Å². The number of rotatable bonds is 4. The number of carbonyl (C=O) groups is 1. The Bertz CT molecular complexity index is 567. The molecular weight excluding hydrogens is 242 g/mol. The molecule has 1 heterocycles. The Morgan fingerprint density at radius 2 is 2.00 bits per heavy atom. The lowest BCUT2D eigenvalue weighted by molar-refractivity contribution is -0.115. The number of nitrogens with zero attached hydrogens (tertiary/aromatic N) is 1. The molecule has 0 atom stereocenters. The van der Waals surface area contributed by atoms with Gasteiger partial charge in [-0.3, -0.25) is 4.79 Å². The summed E-state index contributed by atoms with van der Waals surface area (Å²) in [4.78, 5) is 15.6. The minimum atomic E-state index is -0.0678. The normalized spacial score (nSPS) is 9.95. The molecule has 0 fully saturated rings. The molecule has 5 nitrogen and oxygen atoms in total. The second-order valence-electron chi connectivity index (χ2n) is 3.97. The fourth-order valence-electron chi connectivity index (χ4n) is 1.53. The SMILES string of the molecule is CCC(=O)Nc1cccnc1Nc1ccc(O)cc1. The van der Waals surface area contributed by atoms with E-state index in [0.717, 1.165) is 5.69 Å². The first kappa shape index (κ1) is 12.9. The molecule has 5 heteroatoms. The van der Waals surface area contributed by atoms with Crippen LogP contribution in [0.1, 0.15) is 13.3 Å². The van der Waals surface area contributed by atoms with Crippen molar-refractivity contribution in [1.82, 2.24) is 4.98 Å². The first-order chi connectivity index (χ1) is 9.19. The average Bonchev–Trinajstić information content (AvgIpc) is 2.43. The van der Waals surface area contributed by atoms with E-state index < -0.39 is 0 Å². The van der Waals surface area contributed by atoms with Crippen LogP contribution >= 0.6 is 0 Å². The van der Waals surface area contributed by atoms with Crippen LogP contribution in [0, 0.1) is 0 Å². The van der Waals surface area contributed by atoms with Crippen molar-refractivity contribution in [1.29, 1.82) is 0 Å². The number of aromatic nitrogens is 1. The molecule has 1 aromatic heterocycles. The quantitative estimate of drug-likeness (QED) is 0.736. The van der Waals surface area contributed by atoms with Crippen LogP contribution in [-0.4, -0.2) is 16.0 Å². The summed E-state index contributed by atoms with van der Waals surface area (Å²) in [5.41, 5.74) is 1.41. The first-order valence-electron chi connectivity index (χ1n) is 6.00. The van der Waals surface area contributed by atoms with Gasteiger partial charge in [0.15, 0.2) is 5.82 Å². The predicted octanol–water partition coefficient (Wildman–Crippen LogP) is 2.88. The molecule has 0 aliphatic heterocycles. The Kier molecular flexibility index (Phi) is 3.97. The van der Waals surface area contributed by atoms with Gasteiger partial charge in [-0.25, -0.2) is 4.98 Å². The van der Waals surface area contributed by atoms with Gasteiger partial charge in [-0.05, 0) is 36.4 Å². The molecule has 1 amide bonds. The van der Waals surface area contributed by atoms with Crippen molar-refractivity contribution in [3.8, 4) is 5.75 Å². The molecule has 19 heavy (non-hydrogen) atoms. The lowest BCUT2D eigenvalue weighted by Crippen LogP contribution is -2.11. The topological polar surface area (TPSA) is 74.2 Å². The number of nitrogens with one attached hydrogen (secondary N) is 2. The van der Waals surface area contributed by atoms with Crippen molar-refractivity contribution in [3.63, 3.8) is 0 Å². The third-order valence-corrected chi connectivity index (χ3v) is 2.53. The van der Waals surface area contributed by atoms with Gasteiger partial charge in [0.2, 0.25) is 5.91 Å². The lowest BCUT2D eigenvalue weighted by atomic mass is 10.3. The van der Waals surface area contributed by atoms with Crippen LogP contribution in [0.4, 0.5) is 17.2 Å². The maximum Gasteiger partial charge on any atom is 0.224 e. The van der Waals surface area contributed by atoms with Gasteiger partial charge < -0.3 is 15.7 Å². The smallest absolute Gasteiger partial charge is 0.224 e. The number of aromatic hydroxyl groups is 1. The molecule has 98 valence electrons. The molecule has 0 aliphatic rings. The van der Waals surface area contributed by atoms with Gasteiger partial charge in [0, 0.05) is 18.3 Å². The first-order valence-corrected chi connectivity index (χ1v) is 6.00. The summed E-state index contributed by atoms with van der Waals surface area (Å²) in [5, 5.41) is 15.1. The summed E-state index contributed by atoms with van der Waals surface area (Å²) in [7, 11) is 0. The van der Waals surface area contributed by atoms with Crippen molar-refractivity contribution < 1.29 is 9.90 Å². The standard InChI is InChI=1S/C14H15N3O2/c1-2-13(19)17-12-4-3-9-15-14(12)16-10-5-7-11(18)8-6-10/h3-9,18H,2H2,1H3,(H,15,16)(H,17,19). The van der Waals surface area contributed by atoms with Crippen molar-refractivity contribution in [3.05, 3.63) is 42.6 Å². The number of amides is 1. The summed E-state index contributed by atoms with van der Waals surface area (Å²) in [6.07, 6.45) is 2.05. The average molecular weight is 257 g/mol. The molecule has 0 aliphatic carbocycles. The van der Waals surface area contributed by atoms with Crippen molar-refractivity contribution in [2.24, 2.45) is 0 Å². The minimum Gasteiger partial charge on any atom is -0.508 e. The Labute approximate surface area is 111 Å². The number of phenols is 1. The van der Waals surface area contributed by atoms with Gasteiger partial charge in [-0.15, -0.1) is 0 Å². The zero-order chi connectivity index (χ0) is 13.7. The van der Waals surface area contributed by atoms with E-state index in [1.54, 1.807) is 49.5 Å². The fraction of sp³-hybridized carbons (Fsp3) is 0.143. The van der Waals surface area contributed by atoms with E-state index in [-0.39, 0.29) is 11.7 Å². The number of anilines is 3. The highest BCUT2D eigenvalue weighted by molar-refractivity contribution is 5.93. The van der Waals surface area contributed by atoms with Crippen molar-refractivity contribution in [2.75, 3.05) is 10.6 Å². The van der Waals surface area contributed by atoms with E-state index in [2.05, 4.69) is 15.6 Å². The molecule has 2 rings (SSSR count). The van der Waals surface area contributed by atoms with Crippen molar-refractivity contribution in [2.45, 2.75) is 13.3 Å². The van der Waals surface area contributed by atoms with E-state index in [1.807, 2.05) is 0 Å². The minimum absolute atomic E-state index is 0.0678. The maximum absolute atomic E-state index is 11.4. The second kappa shape index (κ2) is 5.86. The molecule has 0 spiro atoms. The summed E-state index contributed by atoms with van der Waals surface area (Å²) in [6, 6.07) is 10.2. The number of carbonyl (C=O) groups excluding carboxylic acids is 1. The molecule has 0 radical (unpaired) electrons. The highest BCUT2D eigenvalue weighted by atomic mass is 16.3. The summed E-state index contributed by atoms with van der Waals surface area (Å²) in [5.74, 6) is 0.697. The molecule has 3 N–H and O–H groups in total. The summed E-state index contributed by atoms with van der Waals surface area (Å²) >= 11 is 0. The Balaban J connectivity index is 2.20. The monoisotopic (exact) mass is 257 g/mol. The highest BCUT2D eigenvalue weighted by Crippen LogP contribution is 2.23. The highest BCUT2D eigenvalue weighted by Gasteiger charge is 2.06. The van der Waals surface area contributed by atoms with Crippen LogP contribution in [0.2, 0.25) is 0 Å². The lowest BCUT2D eigenvalue weighted by Gasteiger charge is -2.11. The largest absolute Gasteiger partial charge is 0.508 e. The van der Waals surface area contributed by atoms with Crippen LogP contribution in [-0.2, 0) is 4.79 Å². The van der Waals surface area contributed by atoms with Gasteiger partial charge in [0.1, 0.15) is 5.75 Å². The Hall–Kier alpha value is -2.56. The zero-order valence-corrected chi connectivity index (χ0v) is 10.6. The molecule has 0 unspecified atom stereocenters. The number of benzene rings is 1. The van der Waals surface area contributed by atoms with Crippen LogP contribution in [0.15, 0.2) is 42.6 Å². The van der Waals surface area contributed by atoms with Crippen LogP contribution in [0.5, 0.6) is 5.75 Å². The molecular formula is C14H15N3O2. The number of phenolic OH excluding ortho intramolecular Hbond substituents is 1. The van der Waals surface area contributed by atoms with Gasteiger partial charge in [-0.2, -0.15) is 0 Å². The third kappa shape index (κ3) is 3.45. The van der Waals surface area contributed by atoms with Crippen molar-refractivity contribution >= 4 is 23.1 Å². The molecule has 1 aromatic carbocycles. The number of pyridine rings is 1. The molecule has 0 bridgehead atoms. The molecule has 0 saturated carbocycles. The van der Waals surface area contributed by atoms with Crippen LogP contribution in [0.25, 0.3) is 0 Å². The molecule has 0 saturated heterocycles. The zero-order valence-electron chi connectivity index (χ0n) is 10.6. The summed E-state index contributed by atoms with van der Waals surface area (Å²) < 4.78 is 0. The Morgan fingerprint density at radius 1 is 1.26 bits per heavy atom. The fourth-order valence-corrected chi connectivity index (χ4v) is 1.53. The van der Waals surface area contributed by atoms with E-state index >= 15 is 0 Å². The second-order valence-corrected chi connectivity index (χ2v) is 3.97. The maximum atomic E-state index is 11.4. The van der Waals surface area contributed by atoms with E-state index in [0.29, 0.717) is 17.9 Å². The van der Waals surface area contributed by atoms with E-state index in [9.17, 15) is 9.90 Å². The van der Waals surface area contributed by atoms with E-state index in [4.69, 9.17) is 0 Å². The van der Waals surface area contributed by atoms with Crippen LogP contribution < -0.4 is 10.6 Å². The van der Waals surface area contributed by atoms with Gasteiger partial charge >= 0.3 is 0 Å². The Morgan fingerprint density at radius 3 is 2.68 bits per heavy atom. The van der Waals surface area contributed by atoms with Gasteiger partial charge in [-0.1, -0.05) is 6.92 Å². The number of hydrogen-bond donors (Lipinski definition) is 3.